The van der Waals surface area contributed by atoms with E-state index in [9.17, 15) is 32.3 Å². The van der Waals surface area contributed by atoms with Gasteiger partial charge in [0.1, 0.15) is 18.1 Å². The van der Waals surface area contributed by atoms with E-state index in [0.717, 1.165) is 33.9 Å². The van der Waals surface area contributed by atoms with Crippen LogP contribution in [0.5, 0.6) is 0 Å². The van der Waals surface area contributed by atoms with Gasteiger partial charge in [-0.2, -0.15) is 18.3 Å². The third kappa shape index (κ3) is 4.55. The molecule has 0 aliphatic carbocycles. The van der Waals surface area contributed by atoms with Gasteiger partial charge in [-0.1, -0.05) is 6.07 Å². The van der Waals surface area contributed by atoms with Gasteiger partial charge in [0.15, 0.2) is 0 Å². The van der Waals surface area contributed by atoms with E-state index in [1.54, 1.807) is 0 Å². The summed E-state index contributed by atoms with van der Waals surface area (Å²) in [7, 11) is 4.19. The first kappa shape index (κ1) is 25.9. The van der Waals surface area contributed by atoms with Gasteiger partial charge in [0, 0.05) is 38.3 Å². The minimum absolute atomic E-state index is 0.198. The van der Waals surface area contributed by atoms with E-state index in [4.69, 9.17) is 0 Å². The highest BCUT2D eigenvalue weighted by molar-refractivity contribution is 5.93. The van der Waals surface area contributed by atoms with Crippen LogP contribution >= 0.6 is 0 Å². The lowest BCUT2D eigenvalue weighted by Crippen LogP contribution is -2.43. The Morgan fingerprint density at radius 2 is 1.73 bits per heavy atom. The van der Waals surface area contributed by atoms with Crippen molar-refractivity contribution in [2.75, 3.05) is 21.1 Å². The molecule has 0 aliphatic rings. The summed E-state index contributed by atoms with van der Waals surface area (Å²) in [5, 5.41) is 18.1. The van der Waals surface area contributed by atoms with Crippen LogP contribution in [0.2, 0.25) is 0 Å². The summed E-state index contributed by atoms with van der Waals surface area (Å²) in [4.78, 5) is 25.8. The number of likely N-dealkylation sites (N-methyl/N-ethyl adjacent to an activating group) is 1. The molecular formula is C25H23F4N5O3. The van der Waals surface area contributed by atoms with Crippen molar-refractivity contribution in [3.05, 3.63) is 83.6 Å². The van der Waals surface area contributed by atoms with Crippen LogP contribution in [0.25, 0.3) is 16.6 Å². The monoisotopic (exact) mass is 517 g/mol. The van der Waals surface area contributed by atoms with Gasteiger partial charge in [-0.05, 0) is 48.0 Å². The zero-order valence-electron chi connectivity index (χ0n) is 20.0. The first-order valence-electron chi connectivity index (χ1n) is 11.0. The maximum Gasteiger partial charge on any atom is 0.425 e. The summed E-state index contributed by atoms with van der Waals surface area (Å²) in [6, 6.07) is 9.97. The second-order valence-corrected chi connectivity index (χ2v) is 8.63. The molecule has 2 heterocycles. The highest BCUT2D eigenvalue weighted by atomic mass is 19.4. The van der Waals surface area contributed by atoms with Crippen molar-refractivity contribution < 1.29 is 32.3 Å². The number of nitrogens with zero attached hydrogens (tertiary/aromatic N) is 4. The largest absolute Gasteiger partial charge is 0.425 e. The Balaban J connectivity index is 1.86. The maximum atomic E-state index is 14.5. The number of amides is 2. The van der Waals surface area contributed by atoms with E-state index < -0.39 is 47.1 Å². The van der Waals surface area contributed by atoms with Gasteiger partial charge >= 0.3 is 6.18 Å². The molecule has 0 bridgehead atoms. The van der Waals surface area contributed by atoms with Crippen LogP contribution in [0.1, 0.15) is 21.6 Å². The van der Waals surface area contributed by atoms with Crippen molar-refractivity contribution in [3.8, 4) is 5.69 Å². The Labute approximate surface area is 208 Å². The minimum atomic E-state index is -5.19. The summed E-state index contributed by atoms with van der Waals surface area (Å²) in [6.45, 7) is -0.428. The maximum absolute atomic E-state index is 14.5. The molecule has 0 spiro atoms. The summed E-state index contributed by atoms with van der Waals surface area (Å²) in [6.07, 6.45) is -2.91. The fourth-order valence-electron chi connectivity index (χ4n) is 4.02. The number of rotatable bonds is 6. The van der Waals surface area contributed by atoms with Crippen LogP contribution in [0.3, 0.4) is 0 Å². The Bertz CT molecular complexity index is 1470. The molecule has 194 valence electrons. The predicted molar refractivity (Wildman–Crippen MR) is 127 cm³/mol. The van der Waals surface area contributed by atoms with Gasteiger partial charge in [-0.25, -0.2) is 9.07 Å². The van der Waals surface area contributed by atoms with Gasteiger partial charge in [0.2, 0.25) is 11.5 Å². The average molecular weight is 517 g/mol. The smallest absolute Gasteiger partial charge is 0.372 e. The number of hydrogen-bond donors (Lipinski definition) is 2. The third-order valence-electron chi connectivity index (χ3n) is 6.00. The zero-order valence-corrected chi connectivity index (χ0v) is 20.0. The molecule has 0 radical (unpaired) electrons. The molecule has 0 saturated heterocycles. The van der Waals surface area contributed by atoms with Crippen molar-refractivity contribution in [2.24, 2.45) is 0 Å². The van der Waals surface area contributed by atoms with E-state index in [2.05, 4.69) is 10.4 Å². The van der Waals surface area contributed by atoms with E-state index >= 15 is 0 Å². The second kappa shape index (κ2) is 9.36. The molecule has 2 amide bonds. The number of halogens is 4. The lowest BCUT2D eigenvalue weighted by atomic mass is 9.86. The Morgan fingerprint density at radius 1 is 1.05 bits per heavy atom. The van der Waals surface area contributed by atoms with Crippen LogP contribution < -0.4 is 5.32 Å². The fourth-order valence-corrected chi connectivity index (χ4v) is 4.02. The molecule has 8 nitrogen and oxygen atoms in total. The van der Waals surface area contributed by atoms with Crippen LogP contribution in [-0.4, -0.2) is 63.5 Å². The van der Waals surface area contributed by atoms with Gasteiger partial charge in [-0.15, -0.1) is 0 Å². The standard InChI is InChI=1S/C25H23F4N5O3/c1-30-22(35)14-33-13-17(11-21(33)23(36)32(2)3)24(37,25(27,28)29)16-4-9-20-15(10-16)12-31-34(20)19-7-5-18(26)6-8-19/h4-13,37H,14H2,1-3H3,(H,30,35). The van der Waals surface area contributed by atoms with Crippen molar-refractivity contribution in [3.63, 3.8) is 0 Å². The number of carbonyl (C=O) groups is 2. The molecule has 4 aromatic rings. The van der Waals surface area contributed by atoms with Gasteiger partial charge in [-0.3, -0.25) is 9.59 Å². The van der Waals surface area contributed by atoms with Crippen LogP contribution in [0, 0.1) is 5.82 Å². The summed E-state index contributed by atoms with van der Waals surface area (Å²) >= 11 is 0. The first-order chi connectivity index (χ1) is 17.4. The molecule has 0 fully saturated rings. The fraction of sp³-hybridized carbons (Fsp3) is 0.240. The molecule has 12 heteroatoms. The third-order valence-corrected chi connectivity index (χ3v) is 6.00. The molecule has 0 saturated carbocycles. The first-order valence-corrected chi connectivity index (χ1v) is 11.0. The number of fused-ring (bicyclic) bond motifs is 1. The number of benzene rings is 2. The Hall–Kier alpha value is -4.19. The quantitative estimate of drug-likeness (QED) is 0.385. The molecular weight excluding hydrogens is 494 g/mol. The Kier molecular flexibility index (Phi) is 6.55. The number of hydrogen-bond acceptors (Lipinski definition) is 4. The van der Waals surface area contributed by atoms with Gasteiger partial charge in [0.25, 0.3) is 5.91 Å². The zero-order chi connectivity index (χ0) is 27.1. The van der Waals surface area contributed by atoms with Crippen molar-refractivity contribution in [2.45, 2.75) is 18.3 Å². The summed E-state index contributed by atoms with van der Waals surface area (Å²) < 4.78 is 59.4. The number of alkyl halides is 3. The van der Waals surface area contributed by atoms with Crippen molar-refractivity contribution >= 4 is 22.7 Å². The highest BCUT2D eigenvalue weighted by Gasteiger charge is 2.57. The molecule has 2 N–H and O–H groups in total. The van der Waals surface area contributed by atoms with Crippen molar-refractivity contribution in [1.82, 2.24) is 24.6 Å². The van der Waals surface area contributed by atoms with Gasteiger partial charge in [0.05, 0.1) is 17.4 Å². The molecule has 37 heavy (non-hydrogen) atoms. The normalized spacial score (nSPS) is 13.4. The number of aliphatic hydroxyl groups is 1. The number of carbonyl (C=O) groups excluding carboxylic acids is 2. The lowest BCUT2D eigenvalue weighted by Gasteiger charge is -2.30. The van der Waals surface area contributed by atoms with Gasteiger partial charge < -0.3 is 19.9 Å². The summed E-state index contributed by atoms with van der Waals surface area (Å²) in [5.41, 5.74) is -3.91. The molecule has 4 rings (SSSR count). The average Bonchev–Trinajstić information content (AvgIpc) is 3.46. The van der Waals surface area contributed by atoms with Crippen LogP contribution in [0.15, 0.2) is 60.9 Å². The molecule has 1 unspecified atom stereocenters. The SMILES string of the molecule is CNC(=O)Cn1cc(C(O)(c2ccc3c(cnn3-c3ccc(F)cc3)c2)C(F)(F)F)cc1C(=O)N(C)C. The van der Waals surface area contributed by atoms with Crippen LogP contribution in [-0.2, 0) is 16.9 Å². The van der Waals surface area contributed by atoms with Crippen LogP contribution in [0.4, 0.5) is 17.6 Å². The second-order valence-electron chi connectivity index (χ2n) is 8.63. The minimum Gasteiger partial charge on any atom is -0.372 e. The van der Waals surface area contributed by atoms with E-state index in [1.807, 2.05) is 0 Å². The highest BCUT2D eigenvalue weighted by Crippen LogP contribution is 2.45. The van der Waals surface area contributed by atoms with E-state index in [-0.39, 0.29) is 5.69 Å². The Morgan fingerprint density at radius 3 is 2.32 bits per heavy atom. The molecule has 2 aromatic heterocycles. The predicted octanol–water partition coefficient (Wildman–Crippen LogP) is 3.21. The van der Waals surface area contributed by atoms with Crippen molar-refractivity contribution in [1.29, 1.82) is 0 Å². The number of aromatic nitrogens is 3. The molecule has 2 aromatic carbocycles. The number of nitrogens with one attached hydrogen (secondary N) is 1. The molecule has 1 atom stereocenters. The van der Waals surface area contributed by atoms with E-state index in [1.165, 1.54) is 62.4 Å². The topological polar surface area (TPSA) is 92.4 Å². The van der Waals surface area contributed by atoms with E-state index in [0.29, 0.717) is 16.6 Å². The lowest BCUT2D eigenvalue weighted by molar-refractivity contribution is -0.248. The summed E-state index contributed by atoms with van der Waals surface area (Å²) in [5.74, 6) is -1.64. The molecule has 0 aliphatic heterocycles.